The Morgan fingerprint density at radius 2 is 0.788 bits per heavy atom. The van der Waals surface area contributed by atoms with E-state index in [2.05, 4.69) is 243 Å². The zero-order valence-electron chi connectivity index (χ0n) is 36.8. The standard InChI is InChI=1S/C65H43N/c1-65(2)63-46-34-31-41(37-42(46)32-35-56(63)62-50-24-8-6-21-47(50)48-22-7-13-29-55(48)64(62)65)40-17-16-18-43(38-40)60-51-25-9-11-27-53(51)61(54-28-12-10-26-52(54)60)44-33-36-59-57(39-44)49-23-14-15-30-58(49)66(59)45-19-4-3-5-20-45/h3-39H,1-2H3. The number of aromatic nitrogens is 1. The summed E-state index contributed by atoms with van der Waals surface area (Å²) in [5.41, 5.74) is 16.5. The maximum atomic E-state index is 2.43. The first-order valence-electron chi connectivity index (χ1n) is 23.2. The molecule has 1 aliphatic rings. The van der Waals surface area contributed by atoms with Crippen LogP contribution in [-0.4, -0.2) is 4.57 Å². The number of benzene rings is 12. The van der Waals surface area contributed by atoms with Gasteiger partial charge in [0.25, 0.3) is 0 Å². The van der Waals surface area contributed by atoms with Crippen molar-refractivity contribution in [2.24, 2.45) is 0 Å². The van der Waals surface area contributed by atoms with Gasteiger partial charge in [-0.1, -0.05) is 196 Å². The Labute approximate surface area is 383 Å². The number of hydrogen-bond donors (Lipinski definition) is 0. The molecule has 12 aromatic carbocycles. The second kappa shape index (κ2) is 13.9. The Hall–Kier alpha value is -8.26. The molecule has 0 amide bonds. The van der Waals surface area contributed by atoms with E-state index in [1.54, 1.807) is 0 Å². The molecule has 0 N–H and O–H groups in total. The van der Waals surface area contributed by atoms with E-state index < -0.39 is 0 Å². The lowest BCUT2D eigenvalue weighted by Crippen LogP contribution is -2.16. The third-order valence-corrected chi connectivity index (χ3v) is 14.9. The monoisotopic (exact) mass is 837 g/mol. The second-order valence-corrected chi connectivity index (χ2v) is 18.7. The Morgan fingerprint density at radius 3 is 1.47 bits per heavy atom. The SMILES string of the molecule is CC1(C)c2c(ccc3cc(-c4cccc(-c5c6ccccc6c(-c6ccc7c(c6)c6ccccc6n7-c6ccccc6)c6ccccc56)c4)ccc23)-c2c1c1ccccc1c1ccccc21. The predicted molar refractivity (Wildman–Crippen MR) is 282 cm³/mol. The molecule has 13 aromatic rings. The van der Waals surface area contributed by atoms with Crippen LogP contribution in [0.15, 0.2) is 224 Å². The fraction of sp³-hybridized carbons (Fsp3) is 0.0462. The Bertz CT molecular complexity index is 4130. The highest BCUT2D eigenvalue weighted by Gasteiger charge is 2.39. The topological polar surface area (TPSA) is 4.93 Å². The fourth-order valence-corrected chi connectivity index (χ4v) is 12.2. The molecule has 14 rings (SSSR count). The number of rotatable bonds is 4. The van der Waals surface area contributed by atoms with Gasteiger partial charge in [0.05, 0.1) is 11.0 Å². The van der Waals surface area contributed by atoms with Crippen LogP contribution in [0.1, 0.15) is 25.0 Å². The molecule has 1 heterocycles. The van der Waals surface area contributed by atoms with Crippen molar-refractivity contribution in [1.29, 1.82) is 0 Å². The molecule has 0 unspecified atom stereocenters. The Kier molecular flexibility index (Phi) is 7.81. The first-order chi connectivity index (χ1) is 32.5. The first-order valence-corrected chi connectivity index (χ1v) is 23.2. The highest BCUT2D eigenvalue weighted by Crippen LogP contribution is 2.56. The molecule has 0 atom stereocenters. The molecule has 0 fully saturated rings. The third kappa shape index (κ3) is 5.17. The van der Waals surface area contributed by atoms with Gasteiger partial charge < -0.3 is 4.57 Å². The smallest absolute Gasteiger partial charge is 0.0541 e. The zero-order valence-corrected chi connectivity index (χ0v) is 36.8. The van der Waals surface area contributed by atoms with E-state index in [4.69, 9.17) is 0 Å². The maximum Gasteiger partial charge on any atom is 0.0541 e. The average Bonchev–Trinajstić information content (AvgIpc) is 3.84. The van der Waals surface area contributed by atoms with E-state index in [-0.39, 0.29) is 5.41 Å². The van der Waals surface area contributed by atoms with Crippen LogP contribution in [0.5, 0.6) is 0 Å². The minimum Gasteiger partial charge on any atom is -0.309 e. The van der Waals surface area contributed by atoms with E-state index >= 15 is 0 Å². The summed E-state index contributed by atoms with van der Waals surface area (Å²) < 4.78 is 2.39. The lowest BCUT2D eigenvalue weighted by atomic mass is 9.77. The van der Waals surface area contributed by atoms with Gasteiger partial charge in [-0.3, -0.25) is 0 Å². The minimum absolute atomic E-state index is 0.170. The van der Waals surface area contributed by atoms with Crippen molar-refractivity contribution >= 4 is 75.7 Å². The summed E-state index contributed by atoms with van der Waals surface area (Å²) >= 11 is 0. The van der Waals surface area contributed by atoms with E-state index in [1.165, 1.54) is 137 Å². The lowest BCUT2D eigenvalue weighted by Gasteiger charge is -2.25. The van der Waals surface area contributed by atoms with Gasteiger partial charge in [0.1, 0.15) is 0 Å². The normalized spacial score (nSPS) is 13.1. The van der Waals surface area contributed by atoms with Crippen LogP contribution in [-0.2, 0) is 5.41 Å². The summed E-state index contributed by atoms with van der Waals surface area (Å²) in [4.78, 5) is 0. The number of nitrogens with zero attached hydrogens (tertiary/aromatic N) is 1. The number of hydrogen-bond acceptors (Lipinski definition) is 0. The van der Waals surface area contributed by atoms with E-state index in [0.29, 0.717) is 0 Å². The van der Waals surface area contributed by atoms with Crippen LogP contribution >= 0.6 is 0 Å². The van der Waals surface area contributed by atoms with Gasteiger partial charge in [-0.05, 0) is 152 Å². The van der Waals surface area contributed by atoms with Crippen LogP contribution in [0.25, 0.3) is 126 Å². The first kappa shape index (κ1) is 37.1. The van der Waals surface area contributed by atoms with E-state index in [1.807, 2.05) is 0 Å². The molecule has 0 bridgehead atoms. The molecule has 0 saturated heterocycles. The Balaban J connectivity index is 0.919. The quantitative estimate of drug-likeness (QED) is 0.123. The van der Waals surface area contributed by atoms with Crippen LogP contribution in [0.4, 0.5) is 0 Å². The molecule has 1 aromatic heterocycles. The maximum absolute atomic E-state index is 2.43. The largest absolute Gasteiger partial charge is 0.309 e. The molecule has 1 nitrogen and oxygen atoms in total. The van der Waals surface area contributed by atoms with Crippen molar-refractivity contribution in [1.82, 2.24) is 4.57 Å². The molecule has 1 heteroatoms. The molecule has 0 spiro atoms. The summed E-state index contributed by atoms with van der Waals surface area (Å²) in [6.45, 7) is 4.86. The summed E-state index contributed by atoms with van der Waals surface area (Å²) in [5.74, 6) is 0. The molecular weight excluding hydrogens is 795 g/mol. The third-order valence-electron chi connectivity index (χ3n) is 14.9. The molecule has 0 saturated carbocycles. The highest BCUT2D eigenvalue weighted by atomic mass is 15.0. The van der Waals surface area contributed by atoms with Crippen LogP contribution in [0.3, 0.4) is 0 Å². The number of para-hydroxylation sites is 2. The van der Waals surface area contributed by atoms with Gasteiger partial charge in [0.2, 0.25) is 0 Å². The van der Waals surface area contributed by atoms with Crippen molar-refractivity contribution in [3.63, 3.8) is 0 Å². The average molecular weight is 838 g/mol. The van der Waals surface area contributed by atoms with Crippen molar-refractivity contribution < 1.29 is 0 Å². The molecule has 1 aliphatic carbocycles. The van der Waals surface area contributed by atoms with Crippen molar-refractivity contribution in [3.05, 3.63) is 236 Å². The lowest BCUT2D eigenvalue weighted by molar-refractivity contribution is 0.672. The minimum atomic E-state index is -0.170. The van der Waals surface area contributed by atoms with Gasteiger partial charge in [-0.15, -0.1) is 0 Å². The predicted octanol–water partition coefficient (Wildman–Crippen LogP) is 17.9. The summed E-state index contributed by atoms with van der Waals surface area (Å²) in [6, 6.07) is 83.7. The second-order valence-electron chi connectivity index (χ2n) is 18.7. The van der Waals surface area contributed by atoms with Gasteiger partial charge in [-0.2, -0.15) is 0 Å². The van der Waals surface area contributed by atoms with Crippen molar-refractivity contribution in [2.75, 3.05) is 0 Å². The molecular formula is C65H43N. The van der Waals surface area contributed by atoms with Gasteiger partial charge in [-0.25, -0.2) is 0 Å². The van der Waals surface area contributed by atoms with Gasteiger partial charge in [0, 0.05) is 21.9 Å². The molecule has 66 heavy (non-hydrogen) atoms. The molecule has 308 valence electrons. The van der Waals surface area contributed by atoms with Crippen LogP contribution in [0.2, 0.25) is 0 Å². The van der Waals surface area contributed by atoms with Gasteiger partial charge >= 0.3 is 0 Å². The molecule has 0 radical (unpaired) electrons. The van der Waals surface area contributed by atoms with E-state index in [9.17, 15) is 0 Å². The van der Waals surface area contributed by atoms with Gasteiger partial charge in [0.15, 0.2) is 0 Å². The fourth-order valence-electron chi connectivity index (χ4n) is 12.2. The summed E-state index contributed by atoms with van der Waals surface area (Å²) in [6.07, 6.45) is 0. The van der Waals surface area contributed by atoms with Crippen LogP contribution < -0.4 is 0 Å². The summed E-state index contributed by atoms with van der Waals surface area (Å²) in [7, 11) is 0. The summed E-state index contributed by atoms with van der Waals surface area (Å²) in [5, 5.41) is 15.5. The Morgan fingerprint density at radius 1 is 0.288 bits per heavy atom. The zero-order chi connectivity index (χ0) is 43.7. The van der Waals surface area contributed by atoms with Crippen LogP contribution in [0, 0.1) is 0 Å². The van der Waals surface area contributed by atoms with Crippen molar-refractivity contribution in [2.45, 2.75) is 19.3 Å². The van der Waals surface area contributed by atoms with E-state index in [0.717, 1.165) is 0 Å². The molecule has 0 aliphatic heterocycles. The number of fused-ring (bicyclic) bond motifs is 15. The van der Waals surface area contributed by atoms with Crippen molar-refractivity contribution in [3.8, 4) is 50.2 Å². The highest BCUT2D eigenvalue weighted by molar-refractivity contribution is 6.23.